The smallest absolute Gasteiger partial charge is 0.291 e. The minimum atomic E-state index is -3.87. The maximum absolute atomic E-state index is 12.4. The van der Waals surface area contributed by atoms with E-state index in [1.54, 1.807) is 30.3 Å². The van der Waals surface area contributed by atoms with Crippen LogP contribution in [0.5, 0.6) is 0 Å². The number of aryl methyl sites for hydroxylation is 2. The van der Waals surface area contributed by atoms with Crippen molar-refractivity contribution in [1.29, 1.82) is 0 Å². The number of aromatic nitrogens is 2. The summed E-state index contributed by atoms with van der Waals surface area (Å²) < 4.78 is 27.1. The molecule has 7 nitrogen and oxygen atoms in total. The Morgan fingerprint density at radius 2 is 1.81 bits per heavy atom. The van der Waals surface area contributed by atoms with E-state index in [9.17, 15) is 13.2 Å². The van der Waals surface area contributed by atoms with Crippen molar-refractivity contribution in [3.05, 3.63) is 65.2 Å². The van der Waals surface area contributed by atoms with E-state index in [-0.39, 0.29) is 15.4 Å². The largest absolute Gasteiger partial charge is 0.296 e. The molecule has 0 saturated carbocycles. The number of hydrogen-bond acceptors (Lipinski definition) is 6. The molecule has 0 spiro atoms. The summed E-state index contributed by atoms with van der Waals surface area (Å²) in [5.41, 5.74) is 2.66. The second-order valence-electron chi connectivity index (χ2n) is 5.62. The molecule has 0 aliphatic rings. The van der Waals surface area contributed by atoms with Crippen LogP contribution in [0.4, 0.5) is 10.8 Å². The molecule has 2 aromatic carbocycles. The Bertz CT molecular complexity index is 1060. The van der Waals surface area contributed by atoms with Gasteiger partial charge in [-0.25, -0.2) is 0 Å². The molecule has 9 heteroatoms. The van der Waals surface area contributed by atoms with E-state index in [0.717, 1.165) is 22.5 Å². The summed E-state index contributed by atoms with van der Waals surface area (Å²) in [5, 5.41) is 10.1. The fraction of sp³-hybridized carbons (Fsp3) is 0.118. The van der Waals surface area contributed by atoms with Crippen molar-refractivity contribution < 1.29 is 13.2 Å². The molecule has 3 rings (SSSR count). The molecule has 0 atom stereocenters. The lowest BCUT2D eigenvalue weighted by Crippen LogP contribution is -2.13. The highest BCUT2D eigenvalue weighted by atomic mass is 32.2. The lowest BCUT2D eigenvalue weighted by molar-refractivity contribution is 0.102. The van der Waals surface area contributed by atoms with Gasteiger partial charge in [0.05, 0.1) is 0 Å². The first kappa shape index (κ1) is 18.0. The summed E-state index contributed by atoms with van der Waals surface area (Å²) in [6.45, 7) is 3.68. The van der Waals surface area contributed by atoms with E-state index in [2.05, 4.69) is 20.2 Å². The van der Waals surface area contributed by atoms with Crippen LogP contribution < -0.4 is 10.0 Å². The Balaban J connectivity index is 1.77. The standard InChI is InChI=1S/C17H16N4O3S2/c1-11-6-5-8-13(10-11)21-26(23,24)17-20-19-16(25-17)18-15(22)14-9-4-3-7-12(14)2/h3-10,21H,1-2H3,(H,18,19,22). The number of nitrogens with zero attached hydrogens (tertiary/aromatic N) is 2. The topological polar surface area (TPSA) is 101 Å². The molecule has 0 aliphatic carbocycles. The van der Waals surface area contributed by atoms with Gasteiger partial charge in [-0.3, -0.25) is 14.8 Å². The van der Waals surface area contributed by atoms with Gasteiger partial charge in [-0.05, 0) is 43.2 Å². The third kappa shape index (κ3) is 4.06. The molecule has 0 saturated heterocycles. The molecule has 26 heavy (non-hydrogen) atoms. The number of amides is 1. The summed E-state index contributed by atoms with van der Waals surface area (Å²) in [6.07, 6.45) is 0. The van der Waals surface area contributed by atoms with Crippen LogP contribution in [0.25, 0.3) is 0 Å². The second-order valence-corrected chi connectivity index (χ2v) is 8.45. The van der Waals surface area contributed by atoms with Gasteiger partial charge in [0.25, 0.3) is 20.3 Å². The fourth-order valence-corrected chi connectivity index (χ4v) is 4.21. The van der Waals surface area contributed by atoms with Crippen LogP contribution in [0.1, 0.15) is 21.5 Å². The van der Waals surface area contributed by atoms with Crippen molar-refractivity contribution in [3.63, 3.8) is 0 Å². The number of sulfonamides is 1. The molecule has 134 valence electrons. The molecule has 2 N–H and O–H groups in total. The van der Waals surface area contributed by atoms with Crippen LogP contribution in [0.15, 0.2) is 52.9 Å². The van der Waals surface area contributed by atoms with E-state index in [1.165, 1.54) is 0 Å². The minimum Gasteiger partial charge on any atom is -0.296 e. The molecule has 0 bridgehead atoms. The van der Waals surface area contributed by atoms with Crippen molar-refractivity contribution in [2.24, 2.45) is 0 Å². The SMILES string of the molecule is Cc1cccc(NS(=O)(=O)c2nnc(NC(=O)c3ccccc3C)s2)c1. The third-order valence-corrected chi connectivity index (χ3v) is 6.10. The van der Waals surface area contributed by atoms with Gasteiger partial charge in [-0.15, -0.1) is 10.2 Å². The number of nitrogens with one attached hydrogen (secondary N) is 2. The Labute approximate surface area is 155 Å². The molecule has 0 unspecified atom stereocenters. The highest BCUT2D eigenvalue weighted by Gasteiger charge is 2.21. The Morgan fingerprint density at radius 3 is 2.54 bits per heavy atom. The van der Waals surface area contributed by atoms with Crippen LogP contribution >= 0.6 is 11.3 Å². The minimum absolute atomic E-state index is 0.114. The van der Waals surface area contributed by atoms with E-state index in [4.69, 9.17) is 0 Å². The van der Waals surface area contributed by atoms with Gasteiger partial charge in [0.15, 0.2) is 0 Å². The van der Waals surface area contributed by atoms with Crippen molar-refractivity contribution in [2.45, 2.75) is 18.2 Å². The Hall–Kier alpha value is -2.78. The van der Waals surface area contributed by atoms with Gasteiger partial charge < -0.3 is 0 Å². The highest BCUT2D eigenvalue weighted by Crippen LogP contribution is 2.23. The zero-order valence-electron chi connectivity index (χ0n) is 14.1. The normalized spacial score (nSPS) is 11.2. The summed E-state index contributed by atoms with van der Waals surface area (Å²) in [5.74, 6) is -0.366. The number of carbonyl (C=O) groups excluding carboxylic acids is 1. The van der Waals surface area contributed by atoms with Crippen molar-refractivity contribution in [2.75, 3.05) is 10.0 Å². The van der Waals surface area contributed by atoms with Crippen LogP contribution in [-0.4, -0.2) is 24.5 Å². The van der Waals surface area contributed by atoms with Crippen molar-refractivity contribution in [3.8, 4) is 0 Å². The third-order valence-electron chi connectivity index (χ3n) is 3.52. The van der Waals surface area contributed by atoms with Gasteiger partial charge in [0, 0.05) is 11.3 Å². The number of anilines is 2. The van der Waals surface area contributed by atoms with Crippen LogP contribution in [-0.2, 0) is 10.0 Å². The summed E-state index contributed by atoms with van der Waals surface area (Å²) in [6, 6.07) is 14.1. The van der Waals surface area contributed by atoms with Gasteiger partial charge >= 0.3 is 0 Å². The van der Waals surface area contributed by atoms with Crippen LogP contribution in [0.2, 0.25) is 0 Å². The molecule has 1 heterocycles. The number of rotatable bonds is 5. The Morgan fingerprint density at radius 1 is 1.04 bits per heavy atom. The van der Waals surface area contributed by atoms with E-state index >= 15 is 0 Å². The average Bonchev–Trinajstić information content (AvgIpc) is 3.04. The molecule has 0 aliphatic heterocycles. The molecule has 3 aromatic rings. The maximum atomic E-state index is 12.4. The summed E-state index contributed by atoms with van der Waals surface area (Å²) in [7, 11) is -3.87. The quantitative estimate of drug-likeness (QED) is 0.654. The lowest BCUT2D eigenvalue weighted by atomic mass is 10.1. The van der Waals surface area contributed by atoms with Gasteiger partial charge in [0.2, 0.25) is 5.13 Å². The fourth-order valence-electron chi connectivity index (χ4n) is 2.27. The van der Waals surface area contributed by atoms with Gasteiger partial charge in [-0.2, -0.15) is 8.42 Å². The van der Waals surface area contributed by atoms with E-state index in [0.29, 0.717) is 11.3 Å². The number of benzene rings is 2. The zero-order valence-corrected chi connectivity index (χ0v) is 15.7. The summed E-state index contributed by atoms with van der Waals surface area (Å²) >= 11 is 0.787. The van der Waals surface area contributed by atoms with E-state index in [1.807, 2.05) is 32.0 Å². The predicted octanol–water partition coefficient (Wildman–Crippen LogP) is 3.21. The first-order chi connectivity index (χ1) is 12.3. The van der Waals surface area contributed by atoms with Crippen LogP contribution in [0.3, 0.4) is 0 Å². The average molecular weight is 388 g/mol. The number of hydrogen-bond donors (Lipinski definition) is 2. The monoisotopic (exact) mass is 388 g/mol. The Kier molecular flexibility index (Phi) is 5.01. The first-order valence-corrected chi connectivity index (χ1v) is 9.95. The summed E-state index contributed by atoms with van der Waals surface area (Å²) in [4.78, 5) is 12.3. The predicted molar refractivity (Wildman–Crippen MR) is 101 cm³/mol. The molecular weight excluding hydrogens is 372 g/mol. The van der Waals surface area contributed by atoms with Gasteiger partial charge in [-0.1, -0.05) is 41.7 Å². The molecule has 0 fully saturated rings. The molecular formula is C17H16N4O3S2. The zero-order chi connectivity index (χ0) is 18.7. The second kappa shape index (κ2) is 7.22. The molecule has 1 amide bonds. The lowest BCUT2D eigenvalue weighted by Gasteiger charge is -2.05. The van der Waals surface area contributed by atoms with Crippen molar-refractivity contribution in [1.82, 2.24) is 10.2 Å². The molecule has 0 radical (unpaired) electrons. The van der Waals surface area contributed by atoms with Crippen molar-refractivity contribution >= 4 is 38.1 Å². The van der Waals surface area contributed by atoms with E-state index < -0.39 is 10.0 Å². The molecule has 1 aromatic heterocycles. The highest BCUT2D eigenvalue weighted by molar-refractivity contribution is 7.94. The van der Waals surface area contributed by atoms with Crippen LogP contribution in [0, 0.1) is 13.8 Å². The maximum Gasteiger partial charge on any atom is 0.291 e. The first-order valence-electron chi connectivity index (χ1n) is 7.65. The number of carbonyl (C=O) groups is 1. The van der Waals surface area contributed by atoms with Gasteiger partial charge in [0.1, 0.15) is 0 Å².